The summed E-state index contributed by atoms with van der Waals surface area (Å²) in [4.78, 5) is 11.0. The highest BCUT2D eigenvalue weighted by Crippen LogP contribution is 2.31. The van der Waals surface area contributed by atoms with Gasteiger partial charge in [-0.3, -0.25) is 4.79 Å². The second-order valence-corrected chi connectivity index (χ2v) is 8.54. The number of hydrogen-bond acceptors (Lipinski definition) is 3. The molecule has 1 fully saturated rings. The van der Waals surface area contributed by atoms with E-state index in [9.17, 15) is 13.2 Å². The molecule has 2 N–H and O–H groups in total. The van der Waals surface area contributed by atoms with Crippen LogP contribution in [0.3, 0.4) is 0 Å². The fourth-order valence-electron chi connectivity index (χ4n) is 2.35. The quantitative estimate of drug-likeness (QED) is 0.782. The molecule has 19 heavy (non-hydrogen) atoms. The van der Waals surface area contributed by atoms with Crippen molar-refractivity contribution in [1.29, 1.82) is 0 Å². The highest BCUT2D eigenvalue weighted by molar-refractivity contribution is 7.89. The van der Waals surface area contributed by atoms with Crippen LogP contribution in [-0.2, 0) is 14.8 Å². The average molecular weight is 291 g/mol. The second-order valence-electron chi connectivity index (χ2n) is 6.61. The minimum Gasteiger partial charge on any atom is -0.481 e. The Balaban J connectivity index is 2.45. The Bertz CT molecular complexity index is 411. The highest BCUT2D eigenvalue weighted by atomic mass is 32.2. The first-order valence-electron chi connectivity index (χ1n) is 6.81. The van der Waals surface area contributed by atoms with E-state index in [0.29, 0.717) is 12.8 Å². The number of rotatable bonds is 6. The SMILES string of the molecule is CC(C)(C)CCS(=O)(=O)NCC1CCCC1C(=O)O. The fourth-order valence-corrected chi connectivity index (χ4v) is 3.85. The smallest absolute Gasteiger partial charge is 0.306 e. The number of sulfonamides is 1. The first kappa shape index (κ1) is 16.4. The molecule has 0 spiro atoms. The Labute approximate surface area is 115 Å². The first-order chi connectivity index (χ1) is 8.61. The summed E-state index contributed by atoms with van der Waals surface area (Å²) in [6, 6.07) is 0. The summed E-state index contributed by atoms with van der Waals surface area (Å²) in [6.45, 7) is 6.25. The molecule has 0 aromatic carbocycles. The van der Waals surface area contributed by atoms with Gasteiger partial charge in [-0.2, -0.15) is 0 Å². The lowest BCUT2D eigenvalue weighted by molar-refractivity contribution is -0.142. The zero-order valence-corrected chi connectivity index (χ0v) is 12.8. The van der Waals surface area contributed by atoms with Crippen LogP contribution in [0.25, 0.3) is 0 Å². The Morgan fingerprint density at radius 3 is 2.47 bits per heavy atom. The zero-order chi connectivity index (χ0) is 14.7. The normalized spacial score (nSPS) is 24.6. The molecule has 2 unspecified atom stereocenters. The van der Waals surface area contributed by atoms with Gasteiger partial charge in [0, 0.05) is 6.54 Å². The third kappa shape index (κ3) is 5.91. The van der Waals surface area contributed by atoms with Gasteiger partial charge in [-0.1, -0.05) is 27.2 Å². The third-order valence-corrected chi connectivity index (χ3v) is 5.01. The van der Waals surface area contributed by atoms with E-state index in [-0.39, 0.29) is 23.6 Å². The lowest BCUT2D eigenvalue weighted by Crippen LogP contribution is -2.35. The van der Waals surface area contributed by atoms with E-state index in [2.05, 4.69) is 4.72 Å². The minimum atomic E-state index is -3.29. The molecule has 1 aliphatic carbocycles. The molecule has 2 atom stereocenters. The standard InChI is InChI=1S/C13H25NO4S/c1-13(2,3)7-8-19(17,18)14-9-10-5-4-6-11(10)12(15)16/h10-11,14H,4-9H2,1-3H3,(H,15,16). The van der Waals surface area contributed by atoms with Crippen LogP contribution in [-0.4, -0.2) is 31.8 Å². The van der Waals surface area contributed by atoms with Gasteiger partial charge in [0.05, 0.1) is 11.7 Å². The molecule has 0 bridgehead atoms. The maximum atomic E-state index is 11.9. The number of aliphatic carboxylic acids is 1. The average Bonchev–Trinajstić information content (AvgIpc) is 2.71. The molecule has 6 heteroatoms. The van der Waals surface area contributed by atoms with Crippen LogP contribution in [0.5, 0.6) is 0 Å². The predicted molar refractivity (Wildman–Crippen MR) is 74.3 cm³/mol. The summed E-state index contributed by atoms with van der Waals surface area (Å²) < 4.78 is 26.3. The molecule has 1 rings (SSSR count). The van der Waals surface area contributed by atoms with E-state index in [1.165, 1.54) is 0 Å². The maximum Gasteiger partial charge on any atom is 0.306 e. The van der Waals surface area contributed by atoms with Gasteiger partial charge in [0.1, 0.15) is 0 Å². The molecule has 0 amide bonds. The van der Waals surface area contributed by atoms with E-state index in [1.807, 2.05) is 20.8 Å². The van der Waals surface area contributed by atoms with Crippen molar-refractivity contribution in [2.24, 2.45) is 17.3 Å². The summed E-state index contributed by atoms with van der Waals surface area (Å²) in [7, 11) is -3.29. The molecule has 112 valence electrons. The topological polar surface area (TPSA) is 83.5 Å². The van der Waals surface area contributed by atoms with Gasteiger partial charge in [0.2, 0.25) is 10.0 Å². The van der Waals surface area contributed by atoms with Crippen molar-refractivity contribution in [3.8, 4) is 0 Å². The van der Waals surface area contributed by atoms with Crippen LogP contribution in [0.4, 0.5) is 0 Å². The van der Waals surface area contributed by atoms with Crippen LogP contribution in [0, 0.1) is 17.3 Å². The van der Waals surface area contributed by atoms with E-state index in [0.717, 1.165) is 12.8 Å². The predicted octanol–water partition coefficient (Wildman–Crippen LogP) is 1.84. The Morgan fingerprint density at radius 2 is 1.95 bits per heavy atom. The molecule has 1 aliphatic rings. The van der Waals surface area contributed by atoms with E-state index < -0.39 is 21.9 Å². The van der Waals surface area contributed by atoms with E-state index in [1.54, 1.807) is 0 Å². The number of carbonyl (C=O) groups is 1. The Kier molecular flexibility index (Phi) is 5.38. The van der Waals surface area contributed by atoms with Crippen LogP contribution >= 0.6 is 0 Å². The maximum absolute atomic E-state index is 11.9. The van der Waals surface area contributed by atoms with E-state index >= 15 is 0 Å². The van der Waals surface area contributed by atoms with Crippen molar-refractivity contribution in [2.75, 3.05) is 12.3 Å². The van der Waals surface area contributed by atoms with Crippen molar-refractivity contribution in [3.05, 3.63) is 0 Å². The Morgan fingerprint density at radius 1 is 1.32 bits per heavy atom. The van der Waals surface area contributed by atoms with Crippen molar-refractivity contribution in [1.82, 2.24) is 4.72 Å². The zero-order valence-electron chi connectivity index (χ0n) is 12.0. The van der Waals surface area contributed by atoms with Crippen molar-refractivity contribution >= 4 is 16.0 Å². The number of hydrogen-bond donors (Lipinski definition) is 2. The summed E-state index contributed by atoms with van der Waals surface area (Å²) in [5, 5.41) is 9.05. The first-order valence-corrected chi connectivity index (χ1v) is 8.46. The summed E-state index contributed by atoms with van der Waals surface area (Å²) in [6.07, 6.45) is 2.91. The van der Waals surface area contributed by atoms with Gasteiger partial charge in [-0.15, -0.1) is 0 Å². The molecule has 1 saturated carbocycles. The van der Waals surface area contributed by atoms with Crippen LogP contribution < -0.4 is 4.72 Å². The molecule has 0 aliphatic heterocycles. The monoisotopic (exact) mass is 291 g/mol. The number of carboxylic acid groups (broad SMARTS) is 1. The molecular formula is C13H25NO4S. The van der Waals surface area contributed by atoms with Gasteiger partial charge in [0.25, 0.3) is 0 Å². The second kappa shape index (κ2) is 6.22. The van der Waals surface area contributed by atoms with Gasteiger partial charge in [0.15, 0.2) is 0 Å². The molecular weight excluding hydrogens is 266 g/mol. The van der Waals surface area contributed by atoms with Crippen LogP contribution in [0.1, 0.15) is 46.5 Å². The lowest BCUT2D eigenvalue weighted by atomic mass is 9.94. The van der Waals surface area contributed by atoms with Gasteiger partial charge in [-0.25, -0.2) is 13.1 Å². The van der Waals surface area contributed by atoms with Gasteiger partial charge < -0.3 is 5.11 Å². The number of carboxylic acids is 1. The fraction of sp³-hybridized carbons (Fsp3) is 0.923. The van der Waals surface area contributed by atoms with Crippen molar-refractivity contribution < 1.29 is 18.3 Å². The van der Waals surface area contributed by atoms with E-state index in [4.69, 9.17) is 5.11 Å². The van der Waals surface area contributed by atoms with Crippen molar-refractivity contribution in [2.45, 2.75) is 46.5 Å². The lowest BCUT2D eigenvalue weighted by Gasteiger charge is -2.19. The van der Waals surface area contributed by atoms with Crippen molar-refractivity contribution in [3.63, 3.8) is 0 Å². The molecule has 5 nitrogen and oxygen atoms in total. The van der Waals surface area contributed by atoms with Gasteiger partial charge in [-0.05, 0) is 30.6 Å². The number of nitrogens with one attached hydrogen (secondary N) is 1. The van der Waals surface area contributed by atoms with Crippen LogP contribution in [0.2, 0.25) is 0 Å². The summed E-state index contributed by atoms with van der Waals surface area (Å²) >= 11 is 0. The largest absolute Gasteiger partial charge is 0.481 e. The van der Waals surface area contributed by atoms with Gasteiger partial charge >= 0.3 is 5.97 Å². The molecule has 0 aromatic rings. The third-order valence-electron chi connectivity index (χ3n) is 3.66. The summed E-state index contributed by atoms with van der Waals surface area (Å²) in [5.41, 5.74) is -0.0221. The summed E-state index contributed by atoms with van der Waals surface area (Å²) in [5.74, 6) is -1.18. The minimum absolute atomic E-state index is 0.0221. The molecule has 0 saturated heterocycles. The molecule has 0 radical (unpaired) electrons. The van der Waals surface area contributed by atoms with Crippen LogP contribution in [0.15, 0.2) is 0 Å². The highest BCUT2D eigenvalue weighted by Gasteiger charge is 2.33. The molecule has 0 aromatic heterocycles. The molecule has 0 heterocycles. The Hall–Kier alpha value is -0.620.